The van der Waals surface area contributed by atoms with Gasteiger partial charge in [0.2, 0.25) is 5.91 Å². The van der Waals surface area contributed by atoms with Crippen molar-refractivity contribution < 1.29 is 14.7 Å². The summed E-state index contributed by atoms with van der Waals surface area (Å²) >= 11 is 0. The molecule has 2 rings (SSSR count). The first-order chi connectivity index (χ1) is 8.59. The predicted octanol–water partition coefficient (Wildman–Crippen LogP) is 0.746. The molecule has 0 bridgehead atoms. The van der Waals surface area contributed by atoms with Gasteiger partial charge in [0.25, 0.3) is 0 Å². The fraction of sp³-hybridized carbons (Fsp3) is 0.846. The molecule has 18 heavy (non-hydrogen) atoms. The molecular formula is C13H22N2O3. The molecule has 1 aliphatic carbocycles. The van der Waals surface area contributed by atoms with Crippen molar-refractivity contribution in [2.24, 2.45) is 11.3 Å². The zero-order chi connectivity index (χ0) is 13.2. The lowest BCUT2D eigenvalue weighted by Crippen LogP contribution is -2.52. The molecule has 1 unspecified atom stereocenters. The molecule has 1 saturated heterocycles. The molecule has 0 radical (unpaired) electrons. The van der Waals surface area contributed by atoms with Gasteiger partial charge in [0, 0.05) is 0 Å². The number of piperidine rings is 1. The quantitative estimate of drug-likeness (QED) is 0.676. The topological polar surface area (TPSA) is 78.4 Å². The third-order valence-corrected chi connectivity index (χ3v) is 4.37. The summed E-state index contributed by atoms with van der Waals surface area (Å²) in [5.41, 5.74) is -0.367. The van der Waals surface area contributed by atoms with Crippen LogP contribution in [0, 0.1) is 11.3 Å². The second-order valence-corrected chi connectivity index (χ2v) is 5.51. The van der Waals surface area contributed by atoms with Crippen LogP contribution in [0.15, 0.2) is 0 Å². The van der Waals surface area contributed by atoms with Crippen molar-refractivity contribution in [2.45, 2.75) is 45.1 Å². The number of aliphatic carboxylic acids is 1. The van der Waals surface area contributed by atoms with Crippen LogP contribution in [-0.4, -0.2) is 36.1 Å². The van der Waals surface area contributed by atoms with Crippen molar-refractivity contribution in [3.05, 3.63) is 0 Å². The second-order valence-electron chi connectivity index (χ2n) is 5.51. The molecular weight excluding hydrogens is 232 g/mol. The Labute approximate surface area is 107 Å². The summed E-state index contributed by atoms with van der Waals surface area (Å²) in [5, 5.41) is 15.2. The minimum atomic E-state index is -0.897. The first kappa shape index (κ1) is 13.3. The number of carbonyl (C=O) groups is 2. The molecule has 1 saturated carbocycles. The number of hydrogen-bond acceptors (Lipinski definition) is 3. The third-order valence-electron chi connectivity index (χ3n) is 4.37. The highest BCUT2D eigenvalue weighted by Crippen LogP contribution is 2.36. The average molecular weight is 254 g/mol. The van der Waals surface area contributed by atoms with Crippen molar-refractivity contribution in [3.63, 3.8) is 0 Å². The van der Waals surface area contributed by atoms with Gasteiger partial charge in [0.1, 0.15) is 6.04 Å². The van der Waals surface area contributed by atoms with Gasteiger partial charge in [-0.2, -0.15) is 0 Å². The minimum absolute atomic E-state index is 0.0641. The first-order valence-electron chi connectivity index (χ1n) is 6.83. The molecule has 2 aliphatic rings. The van der Waals surface area contributed by atoms with Gasteiger partial charge in [-0.3, -0.25) is 4.79 Å². The zero-order valence-electron chi connectivity index (χ0n) is 10.9. The summed E-state index contributed by atoms with van der Waals surface area (Å²) in [4.78, 5) is 23.6. The van der Waals surface area contributed by atoms with E-state index in [-0.39, 0.29) is 17.2 Å². The largest absolute Gasteiger partial charge is 0.480 e. The van der Waals surface area contributed by atoms with Crippen LogP contribution in [0.2, 0.25) is 0 Å². The summed E-state index contributed by atoms with van der Waals surface area (Å²) in [5.74, 6) is -0.820. The van der Waals surface area contributed by atoms with Crippen LogP contribution in [0.5, 0.6) is 0 Å². The Morgan fingerprint density at radius 2 is 2.00 bits per heavy atom. The number of hydrogen-bond donors (Lipinski definition) is 3. The summed E-state index contributed by atoms with van der Waals surface area (Å²) in [6.07, 6.45) is 4.20. The number of rotatable bonds is 5. The van der Waals surface area contributed by atoms with E-state index in [2.05, 4.69) is 10.6 Å². The molecule has 0 aromatic heterocycles. The summed E-state index contributed by atoms with van der Waals surface area (Å²) in [7, 11) is 0. The van der Waals surface area contributed by atoms with E-state index in [0.717, 1.165) is 45.2 Å². The Hall–Kier alpha value is -1.10. The van der Waals surface area contributed by atoms with Gasteiger partial charge in [-0.25, -0.2) is 4.79 Å². The van der Waals surface area contributed by atoms with Gasteiger partial charge >= 0.3 is 5.97 Å². The first-order valence-corrected chi connectivity index (χ1v) is 6.83. The SMILES string of the molecule is CCC1(C(=O)NC(C(=O)O)C2CC2)CCNCC1. The number of carbonyl (C=O) groups excluding carboxylic acids is 1. The Morgan fingerprint density at radius 3 is 2.44 bits per heavy atom. The molecule has 0 aromatic carbocycles. The zero-order valence-corrected chi connectivity index (χ0v) is 10.9. The molecule has 1 amide bonds. The van der Waals surface area contributed by atoms with Crippen molar-refractivity contribution in [2.75, 3.05) is 13.1 Å². The van der Waals surface area contributed by atoms with Crippen LogP contribution in [0.25, 0.3) is 0 Å². The van der Waals surface area contributed by atoms with E-state index < -0.39 is 12.0 Å². The van der Waals surface area contributed by atoms with Crippen LogP contribution in [0.1, 0.15) is 39.0 Å². The molecule has 1 heterocycles. The van der Waals surface area contributed by atoms with E-state index >= 15 is 0 Å². The van der Waals surface area contributed by atoms with Gasteiger partial charge in [0.15, 0.2) is 0 Å². The molecule has 5 heteroatoms. The van der Waals surface area contributed by atoms with E-state index in [9.17, 15) is 9.59 Å². The monoisotopic (exact) mass is 254 g/mol. The molecule has 3 N–H and O–H groups in total. The molecule has 102 valence electrons. The van der Waals surface area contributed by atoms with E-state index in [1.54, 1.807) is 0 Å². The van der Waals surface area contributed by atoms with E-state index in [0.29, 0.717) is 0 Å². The molecule has 5 nitrogen and oxygen atoms in total. The maximum atomic E-state index is 12.4. The number of carboxylic acid groups (broad SMARTS) is 1. The maximum Gasteiger partial charge on any atom is 0.326 e. The van der Waals surface area contributed by atoms with Crippen LogP contribution in [-0.2, 0) is 9.59 Å². The Kier molecular flexibility index (Phi) is 3.90. The second kappa shape index (κ2) is 5.26. The normalized spacial score (nSPS) is 24.3. The fourth-order valence-corrected chi connectivity index (χ4v) is 2.75. The van der Waals surface area contributed by atoms with E-state index in [4.69, 9.17) is 5.11 Å². The van der Waals surface area contributed by atoms with Crippen molar-refractivity contribution in [3.8, 4) is 0 Å². The lowest BCUT2D eigenvalue weighted by atomic mass is 9.75. The lowest BCUT2D eigenvalue weighted by Gasteiger charge is -2.36. The number of amides is 1. The van der Waals surface area contributed by atoms with Crippen molar-refractivity contribution in [1.82, 2.24) is 10.6 Å². The minimum Gasteiger partial charge on any atom is -0.480 e. The lowest BCUT2D eigenvalue weighted by molar-refractivity contribution is -0.145. The van der Waals surface area contributed by atoms with Crippen LogP contribution < -0.4 is 10.6 Å². The molecule has 1 aliphatic heterocycles. The van der Waals surface area contributed by atoms with E-state index in [1.165, 1.54) is 0 Å². The maximum absolute atomic E-state index is 12.4. The third kappa shape index (κ3) is 2.66. The van der Waals surface area contributed by atoms with Crippen LogP contribution in [0.4, 0.5) is 0 Å². The standard InChI is InChI=1S/C13H22N2O3/c1-2-13(5-7-14-8-6-13)12(18)15-10(11(16)17)9-3-4-9/h9-10,14H,2-8H2,1H3,(H,15,18)(H,16,17). The van der Waals surface area contributed by atoms with Crippen LogP contribution in [0.3, 0.4) is 0 Å². The van der Waals surface area contributed by atoms with Gasteiger partial charge in [-0.15, -0.1) is 0 Å². The number of carboxylic acids is 1. The molecule has 1 atom stereocenters. The van der Waals surface area contributed by atoms with Crippen molar-refractivity contribution in [1.29, 1.82) is 0 Å². The summed E-state index contributed by atoms with van der Waals surface area (Å²) in [6, 6.07) is -0.684. The highest BCUT2D eigenvalue weighted by Gasteiger charge is 2.43. The molecule has 0 aromatic rings. The fourth-order valence-electron chi connectivity index (χ4n) is 2.75. The van der Waals surface area contributed by atoms with E-state index in [1.807, 2.05) is 6.92 Å². The molecule has 2 fully saturated rings. The number of nitrogens with one attached hydrogen (secondary N) is 2. The highest BCUT2D eigenvalue weighted by molar-refractivity contribution is 5.87. The van der Waals surface area contributed by atoms with Crippen molar-refractivity contribution >= 4 is 11.9 Å². The van der Waals surface area contributed by atoms with Gasteiger partial charge in [0.05, 0.1) is 5.41 Å². The summed E-state index contributed by atoms with van der Waals surface area (Å²) < 4.78 is 0. The predicted molar refractivity (Wildman–Crippen MR) is 67.1 cm³/mol. The Bertz CT molecular complexity index is 333. The van der Waals surface area contributed by atoms with Gasteiger partial charge in [-0.1, -0.05) is 6.92 Å². The molecule has 0 spiro atoms. The highest BCUT2D eigenvalue weighted by atomic mass is 16.4. The Morgan fingerprint density at radius 1 is 1.39 bits per heavy atom. The Balaban J connectivity index is 2.02. The smallest absolute Gasteiger partial charge is 0.326 e. The van der Waals surface area contributed by atoms with Crippen LogP contribution >= 0.6 is 0 Å². The summed E-state index contributed by atoms with van der Waals surface area (Å²) in [6.45, 7) is 3.68. The average Bonchev–Trinajstić information content (AvgIpc) is 3.20. The van der Waals surface area contributed by atoms with Gasteiger partial charge in [-0.05, 0) is 51.1 Å². The van der Waals surface area contributed by atoms with Gasteiger partial charge < -0.3 is 15.7 Å².